The standard InChI is InChI=1S/C14H20N2O3/c1-10(2)12(15)13(17)16(3)14(18)19-9-11-7-5-4-6-8-11/h4-8,10,12H,9,15H2,1-3H3/t12-/m0/s1. The molecule has 0 saturated heterocycles. The molecule has 0 aromatic heterocycles. The second kappa shape index (κ2) is 6.89. The van der Waals surface area contributed by atoms with Crippen molar-refractivity contribution in [2.45, 2.75) is 26.5 Å². The minimum absolute atomic E-state index is 0.0307. The van der Waals surface area contributed by atoms with Gasteiger partial charge in [-0.25, -0.2) is 9.69 Å². The van der Waals surface area contributed by atoms with Gasteiger partial charge in [-0.1, -0.05) is 44.2 Å². The number of benzene rings is 1. The van der Waals surface area contributed by atoms with Gasteiger partial charge >= 0.3 is 6.09 Å². The van der Waals surface area contributed by atoms with E-state index in [0.29, 0.717) is 0 Å². The molecule has 0 saturated carbocycles. The second-order valence-corrected chi connectivity index (χ2v) is 4.71. The molecular weight excluding hydrogens is 244 g/mol. The Labute approximate surface area is 113 Å². The third kappa shape index (κ3) is 4.37. The first-order valence-corrected chi connectivity index (χ1v) is 6.17. The molecular formula is C14H20N2O3. The number of rotatable bonds is 4. The third-order valence-electron chi connectivity index (χ3n) is 2.81. The molecule has 104 valence electrons. The molecule has 1 rings (SSSR count). The molecule has 2 N–H and O–H groups in total. The third-order valence-corrected chi connectivity index (χ3v) is 2.81. The summed E-state index contributed by atoms with van der Waals surface area (Å²) in [5.41, 5.74) is 6.57. The van der Waals surface area contributed by atoms with E-state index in [1.54, 1.807) is 0 Å². The second-order valence-electron chi connectivity index (χ2n) is 4.71. The number of carbonyl (C=O) groups is 2. The average molecular weight is 264 g/mol. The minimum Gasteiger partial charge on any atom is -0.444 e. The summed E-state index contributed by atoms with van der Waals surface area (Å²) < 4.78 is 5.05. The summed E-state index contributed by atoms with van der Waals surface area (Å²) in [6.07, 6.45) is -0.690. The Morgan fingerprint density at radius 2 is 1.84 bits per heavy atom. The van der Waals surface area contributed by atoms with Crippen LogP contribution in [0.3, 0.4) is 0 Å². The zero-order valence-electron chi connectivity index (χ0n) is 11.5. The van der Waals surface area contributed by atoms with E-state index < -0.39 is 18.0 Å². The van der Waals surface area contributed by atoms with Crippen LogP contribution < -0.4 is 5.73 Å². The maximum absolute atomic E-state index is 11.8. The van der Waals surface area contributed by atoms with Gasteiger partial charge in [-0.15, -0.1) is 0 Å². The van der Waals surface area contributed by atoms with Crippen LogP contribution in [0.1, 0.15) is 19.4 Å². The van der Waals surface area contributed by atoms with Crippen molar-refractivity contribution in [1.29, 1.82) is 0 Å². The average Bonchev–Trinajstić information content (AvgIpc) is 2.43. The molecule has 0 aliphatic heterocycles. The number of ether oxygens (including phenoxy) is 1. The van der Waals surface area contributed by atoms with Crippen molar-refractivity contribution in [2.75, 3.05) is 7.05 Å². The number of hydrogen-bond acceptors (Lipinski definition) is 4. The number of carbonyl (C=O) groups excluding carboxylic acids is 2. The lowest BCUT2D eigenvalue weighted by Crippen LogP contribution is -2.47. The van der Waals surface area contributed by atoms with E-state index >= 15 is 0 Å². The van der Waals surface area contributed by atoms with Gasteiger partial charge in [0.2, 0.25) is 5.91 Å². The number of likely N-dealkylation sites (N-methyl/N-ethyl adjacent to an activating group) is 1. The van der Waals surface area contributed by atoms with Crippen LogP contribution in [0.4, 0.5) is 4.79 Å². The van der Waals surface area contributed by atoms with E-state index in [1.165, 1.54) is 7.05 Å². The predicted molar refractivity (Wildman–Crippen MR) is 72.2 cm³/mol. The Morgan fingerprint density at radius 3 is 2.37 bits per heavy atom. The highest BCUT2D eigenvalue weighted by molar-refractivity contribution is 5.94. The minimum atomic E-state index is -0.700. The fourth-order valence-electron chi connectivity index (χ4n) is 1.41. The molecule has 1 aromatic carbocycles. The van der Waals surface area contributed by atoms with E-state index in [1.807, 2.05) is 44.2 Å². The van der Waals surface area contributed by atoms with Crippen molar-refractivity contribution in [3.63, 3.8) is 0 Å². The number of nitrogens with zero attached hydrogens (tertiary/aromatic N) is 1. The Bertz CT molecular complexity index is 432. The molecule has 5 nitrogen and oxygen atoms in total. The fourth-order valence-corrected chi connectivity index (χ4v) is 1.41. The molecule has 19 heavy (non-hydrogen) atoms. The van der Waals surface area contributed by atoms with Crippen LogP contribution in [0, 0.1) is 5.92 Å². The van der Waals surface area contributed by atoms with Crippen LogP contribution in [0.15, 0.2) is 30.3 Å². The van der Waals surface area contributed by atoms with Gasteiger partial charge in [0.25, 0.3) is 0 Å². The van der Waals surface area contributed by atoms with Crippen LogP contribution in [0.2, 0.25) is 0 Å². The summed E-state index contributed by atoms with van der Waals surface area (Å²) in [6, 6.07) is 8.57. The zero-order valence-corrected chi connectivity index (χ0v) is 11.5. The normalized spacial score (nSPS) is 12.1. The van der Waals surface area contributed by atoms with Crippen LogP contribution in [-0.4, -0.2) is 30.0 Å². The first-order chi connectivity index (χ1) is 8.93. The predicted octanol–water partition coefficient (Wildman–Crippen LogP) is 1.76. The summed E-state index contributed by atoms with van der Waals surface area (Å²) in [7, 11) is 1.37. The molecule has 1 atom stereocenters. The molecule has 0 radical (unpaired) electrons. The quantitative estimate of drug-likeness (QED) is 0.899. The van der Waals surface area contributed by atoms with Gasteiger partial charge < -0.3 is 10.5 Å². The van der Waals surface area contributed by atoms with Crippen LogP contribution in [0.25, 0.3) is 0 Å². The molecule has 0 aliphatic rings. The van der Waals surface area contributed by atoms with Gasteiger partial charge in [-0.05, 0) is 11.5 Å². The molecule has 0 fully saturated rings. The summed E-state index contributed by atoms with van der Waals surface area (Å²) in [5.74, 6) is -0.468. The van der Waals surface area contributed by atoms with Gasteiger partial charge in [0.15, 0.2) is 0 Å². The maximum atomic E-state index is 11.8. The monoisotopic (exact) mass is 264 g/mol. The van der Waals surface area contributed by atoms with Crippen molar-refractivity contribution < 1.29 is 14.3 Å². The topological polar surface area (TPSA) is 72.6 Å². The van der Waals surface area contributed by atoms with Crippen LogP contribution in [0.5, 0.6) is 0 Å². The number of amides is 2. The van der Waals surface area contributed by atoms with Gasteiger partial charge in [0, 0.05) is 7.05 Å². The molecule has 2 amide bonds. The van der Waals surface area contributed by atoms with Gasteiger partial charge in [0.05, 0.1) is 6.04 Å². The van der Waals surface area contributed by atoms with E-state index in [0.717, 1.165) is 10.5 Å². The van der Waals surface area contributed by atoms with E-state index in [4.69, 9.17) is 10.5 Å². The SMILES string of the molecule is CC(C)[C@H](N)C(=O)N(C)C(=O)OCc1ccccc1. The highest BCUT2D eigenvalue weighted by Crippen LogP contribution is 2.06. The van der Waals surface area contributed by atoms with E-state index in [9.17, 15) is 9.59 Å². The summed E-state index contributed by atoms with van der Waals surface area (Å²) >= 11 is 0. The highest BCUT2D eigenvalue weighted by atomic mass is 16.6. The van der Waals surface area contributed by atoms with E-state index in [-0.39, 0.29) is 12.5 Å². The fraction of sp³-hybridized carbons (Fsp3) is 0.429. The largest absolute Gasteiger partial charge is 0.444 e. The summed E-state index contributed by atoms with van der Waals surface area (Å²) in [4.78, 5) is 24.5. The highest BCUT2D eigenvalue weighted by Gasteiger charge is 2.26. The Kier molecular flexibility index (Phi) is 5.51. The molecule has 0 aliphatic carbocycles. The van der Waals surface area contributed by atoms with Crippen LogP contribution >= 0.6 is 0 Å². The molecule has 5 heteroatoms. The van der Waals surface area contributed by atoms with Gasteiger partial charge in [-0.2, -0.15) is 0 Å². The molecule has 0 heterocycles. The van der Waals surface area contributed by atoms with Crippen molar-refractivity contribution in [3.05, 3.63) is 35.9 Å². The Morgan fingerprint density at radius 1 is 1.26 bits per heavy atom. The van der Waals surface area contributed by atoms with E-state index in [2.05, 4.69) is 0 Å². The first kappa shape index (κ1) is 15.2. The van der Waals surface area contributed by atoms with Gasteiger partial charge in [0.1, 0.15) is 6.61 Å². The first-order valence-electron chi connectivity index (χ1n) is 6.17. The Balaban J connectivity index is 2.51. The van der Waals surface area contributed by atoms with Crippen molar-refractivity contribution in [3.8, 4) is 0 Å². The van der Waals surface area contributed by atoms with Crippen molar-refractivity contribution in [1.82, 2.24) is 4.90 Å². The molecule has 0 spiro atoms. The Hall–Kier alpha value is -1.88. The van der Waals surface area contributed by atoms with Crippen LogP contribution in [-0.2, 0) is 16.1 Å². The lowest BCUT2D eigenvalue weighted by Gasteiger charge is -2.21. The van der Waals surface area contributed by atoms with Crippen molar-refractivity contribution >= 4 is 12.0 Å². The molecule has 0 bridgehead atoms. The lowest BCUT2D eigenvalue weighted by atomic mass is 10.0. The number of imide groups is 1. The lowest BCUT2D eigenvalue weighted by molar-refractivity contribution is -0.130. The van der Waals surface area contributed by atoms with Crippen molar-refractivity contribution in [2.24, 2.45) is 11.7 Å². The number of nitrogens with two attached hydrogens (primary N) is 1. The maximum Gasteiger partial charge on any atom is 0.416 e. The smallest absolute Gasteiger partial charge is 0.416 e. The molecule has 0 unspecified atom stereocenters. The molecule has 1 aromatic rings. The summed E-state index contributed by atoms with van der Waals surface area (Å²) in [6.45, 7) is 3.78. The van der Waals surface area contributed by atoms with Gasteiger partial charge in [-0.3, -0.25) is 4.79 Å². The number of hydrogen-bond donors (Lipinski definition) is 1. The zero-order chi connectivity index (χ0) is 14.4. The summed E-state index contributed by atoms with van der Waals surface area (Å²) in [5, 5.41) is 0.